The van der Waals surface area contributed by atoms with Crippen molar-refractivity contribution in [1.82, 2.24) is 5.32 Å². The highest BCUT2D eigenvalue weighted by Gasteiger charge is 2.30. The number of carbonyl (C=O) groups excluding carboxylic acids is 1. The number of rotatable bonds is 4. The molecule has 4 heteroatoms. The number of hydrogen-bond donors (Lipinski definition) is 1. The van der Waals surface area contributed by atoms with Crippen LogP contribution >= 0.6 is 0 Å². The number of benzene rings is 1. The van der Waals surface area contributed by atoms with Crippen molar-refractivity contribution in [3.63, 3.8) is 0 Å². The van der Waals surface area contributed by atoms with E-state index in [-0.39, 0.29) is 12.0 Å². The zero-order valence-corrected chi connectivity index (χ0v) is 6.84. The molecule has 1 aromatic rings. The molecular weight excluding hydrogens is 176 g/mol. The molecule has 0 aliphatic rings. The van der Waals surface area contributed by atoms with Gasteiger partial charge in [0.2, 0.25) is 6.41 Å². The first-order valence-corrected chi connectivity index (χ1v) is 3.77. The summed E-state index contributed by atoms with van der Waals surface area (Å²) in [5.41, 5.74) is -0.0932. The number of nitrogens with one attached hydrogen (secondary N) is 1. The van der Waals surface area contributed by atoms with Gasteiger partial charge in [-0.15, -0.1) is 0 Å². The summed E-state index contributed by atoms with van der Waals surface area (Å²) in [5, 5.41) is 1.96. The molecule has 13 heavy (non-hydrogen) atoms. The average Bonchev–Trinajstić information content (AvgIpc) is 2.16. The molecule has 0 saturated carbocycles. The minimum atomic E-state index is -3.00. The molecule has 0 aromatic heterocycles. The van der Waals surface area contributed by atoms with Crippen LogP contribution in [0.5, 0.6) is 0 Å². The van der Waals surface area contributed by atoms with Crippen LogP contribution in [0, 0.1) is 0 Å². The van der Waals surface area contributed by atoms with Crippen LogP contribution in [0.3, 0.4) is 0 Å². The predicted octanol–water partition coefficient (Wildman–Crippen LogP) is 1.52. The predicted molar refractivity (Wildman–Crippen MR) is 44.4 cm³/mol. The van der Waals surface area contributed by atoms with E-state index in [1.807, 2.05) is 5.32 Å². The van der Waals surface area contributed by atoms with Gasteiger partial charge in [-0.25, -0.2) is 0 Å². The second-order valence-electron chi connectivity index (χ2n) is 2.57. The van der Waals surface area contributed by atoms with Crippen LogP contribution in [0.15, 0.2) is 30.3 Å². The van der Waals surface area contributed by atoms with Crippen molar-refractivity contribution in [2.45, 2.75) is 5.92 Å². The van der Waals surface area contributed by atoms with Crippen molar-refractivity contribution in [2.75, 3.05) is 6.54 Å². The standard InChI is InChI=1S/C9H9F2NO/c10-9(11,6-12-7-13)8-4-2-1-3-5-8/h1-5,7H,6H2,(H,12,13). The zero-order chi connectivity index (χ0) is 9.73. The van der Waals surface area contributed by atoms with Gasteiger partial charge in [0, 0.05) is 5.56 Å². The van der Waals surface area contributed by atoms with Crippen LogP contribution in [-0.2, 0) is 10.7 Å². The van der Waals surface area contributed by atoms with Gasteiger partial charge in [0.15, 0.2) is 0 Å². The lowest BCUT2D eigenvalue weighted by Gasteiger charge is -2.15. The number of hydrogen-bond acceptors (Lipinski definition) is 1. The van der Waals surface area contributed by atoms with E-state index in [9.17, 15) is 13.6 Å². The fourth-order valence-corrected chi connectivity index (χ4v) is 0.954. The smallest absolute Gasteiger partial charge is 0.290 e. The molecular formula is C9H9F2NO. The average molecular weight is 185 g/mol. The summed E-state index contributed by atoms with van der Waals surface area (Å²) in [6, 6.07) is 7.38. The monoisotopic (exact) mass is 185 g/mol. The fourth-order valence-electron chi connectivity index (χ4n) is 0.954. The molecule has 0 heterocycles. The Bertz CT molecular complexity index is 274. The van der Waals surface area contributed by atoms with Crippen LogP contribution in [0.2, 0.25) is 0 Å². The molecule has 0 aliphatic heterocycles. The zero-order valence-electron chi connectivity index (χ0n) is 6.84. The van der Waals surface area contributed by atoms with Crippen molar-refractivity contribution in [2.24, 2.45) is 0 Å². The topological polar surface area (TPSA) is 29.1 Å². The van der Waals surface area contributed by atoms with E-state index in [1.165, 1.54) is 24.3 Å². The summed E-state index contributed by atoms with van der Waals surface area (Å²) < 4.78 is 26.2. The van der Waals surface area contributed by atoms with Crippen LogP contribution in [0.25, 0.3) is 0 Å². The third kappa shape index (κ3) is 2.50. The van der Waals surface area contributed by atoms with E-state index >= 15 is 0 Å². The van der Waals surface area contributed by atoms with Crippen molar-refractivity contribution in [3.05, 3.63) is 35.9 Å². The van der Waals surface area contributed by atoms with Crippen LogP contribution in [0.1, 0.15) is 5.56 Å². The number of carbonyl (C=O) groups is 1. The molecule has 0 radical (unpaired) electrons. The highest BCUT2D eigenvalue weighted by molar-refractivity contribution is 5.46. The van der Waals surface area contributed by atoms with Crippen molar-refractivity contribution in [3.8, 4) is 0 Å². The maximum atomic E-state index is 13.1. The Morgan fingerprint density at radius 1 is 1.31 bits per heavy atom. The molecule has 1 amide bonds. The number of alkyl halides is 2. The molecule has 0 spiro atoms. The lowest BCUT2D eigenvalue weighted by atomic mass is 10.1. The Balaban J connectivity index is 2.74. The minimum Gasteiger partial charge on any atom is -0.352 e. The molecule has 0 fully saturated rings. The van der Waals surface area contributed by atoms with Crippen LogP contribution in [0.4, 0.5) is 8.78 Å². The quantitative estimate of drug-likeness (QED) is 0.708. The molecule has 2 nitrogen and oxygen atoms in total. The van der Waals surface area contributed by atoms with Gasteiger partial charge in [-0.1, -0.05) is 30.3 Å². The molecule has 1 rings (SSSR count). The molecule has 1 N–H and O–H groups in total. The largest absolute Gasteiger partial charge is 0.352 e. The Kier molecular flexibility index (Phi) is 2.95. The van der Waals surface area contributed by atoms with Gasteiger partial charge in [0.05, 0.1) is 6.54 Å². The Hall–Kier alpha value is -1.45. The highest BCUT2D eigenvalue weighted by Crippen LogP contribution is 2.26. The van der Waals surface area contributed by atoms with Gasteiger partial charge in [-0.05, 0) is 0 Å². The maximum absolute atomic E-state index is 13.1. The first kappa shape index (κ1) is 9.64. The number of halogens is 2. The van der Waals surface area contributed by atoms with Crippen molar-refractivity contribution < 1.29 is 13.6 Å². The molecule has 0 atom stereocenters. The Morgan fingerprint density at radius 2 is 1.92 bits per heavy atom. The van der Waals surface area contributed by atoms with Crippen LogP contribution < -0.4 is 5.32 Å². The summed E-state index contributed by atoms with van der Waals surface area (Å²) in [5.74, 6) is -3.00. The highest BCUT2D eigenvalue weighted by atomic mass is 19.3. The fraction of sp³-hybridized carbons (Fsp3) is 0.222. The molecule has 0 aliphatic carbocycles. The molecule has 0 saturated heterocycles. The van der Waals surface area contributed by atoms with E-state index < -0.39 is 12.5 Å². The molecule has 1 aromatic carbocycles. The van der Waals surface area contributed by atoms with Gasteiger partial charge < -0.3 is 5.32 Å². The normalized spacial score (nSPS) is 10.9. The van der Waals surface area contributed by atoms with E-state index in [0.717, 1.165) is 0 Å². The van der Waals surface area contributed by atoms with Gasteiger partial charge in [-0.2, -0.15) is 8.78 Å². The molecule has 0 unspecified atom stereocenters. The van der Waals surface area contributed by atoms with E-state index in [0.29, 0.717) is 0 Å². The second-order valence-corrected chi connectivity index (χ2v) is 2.57. The summed E-state index contributed by atoms with van der Waals surface area (Å²) in [6.07, 6.45) is 0.261. The van der Waals surface area contributed by atoms with Gasteiger partial charge in [0.25, 0.3) is 5.92 Å². The summed E-state index contributed by atoms with van der Waals surface area (Å²) in [6.45, 7) is -0.666. The first-order chi connectivity index (χ1) is 6.17. The van der Waals surface area contributed by atoms with Crippen LogP contribution in [-0.4, -0.2) is 13.0 Å². The van der Waals surface area contributed by atoms with Crippen molar-refractivity contribution >= 4 is 6.41 Å². The van der Waals surface area contributed by atoms with Crippen molar-refractivity contribution in [1.29, 1.82) is 0 Å². The minimum absolute atomic E-state index is 0.0932. The third-order valence-corrected chi connectivity index (χ3v) is 1.60. The second kappa shape index (κ2) is 3.98. The number of amides is 1. The Morgan fingerprint density at radius 3 is 2.46 bits per heavy atom. The molecule has 70 valence electrons. The van der Waals surface area contributed by atoms with Gasteiger partial charge >= 0.3 is 0 Å². The van der Waals surface area contributed by atoms with E-state index in [2.05, 4.69) is 0 Å². The summed E-state index contributed by atoms with van der Waals surface area (Å²) >= 11 is 0. The van der Waals surface area contributed by atoms with Gasteiger partial charge in [0.1, 0.15) is 0 Å². The lowest BCUT2D eigenvalue weighted by Crippen LogP contribution is -2.29. The van der Waals surface area contributed by atoms with Gasteiger partial charge in [-0.3, -0.25) is 4.79 Å². The SMILES string of the molecule is O=CNCC(F)(F)c1ccccc1. The van der Waals surface area contributed by atoms with E-state index in [1.54, 1.807) is 6.07 Å². The van der Waals surface area contributed by atoms with E-state index in [4.69, 9.17) is 0 Å². The lowest BCUT2D eigenvalue weighted by molar-refractivity contribution is -0.111. The maximum Gasteiger partial charge on any atom is 0.290 e. The summed E-state index contributed by atoms with van der Waals surface area (Å²) in [4.78, 5) is 9.84. The third-order valence-electron chi connectivity index (χ3n) is 1.60. The summed E-state index contributed by atoms with van der Waals surface area (Å²) in [7, 11) is 0. The molecule has 0 bridgehead atoms. The first-order valence-electron chi connectivity index (χ1n) is 3.77. The Labute approximate surface area is 74.6 Å².